The molecule has 0 atom stereocenters. The Labute approximate surface area is 137 Å². The smallest absolute Gasteiger partial charge is 0.219 e. The molecule has 1 fully saturated rings. The zero-order valence-corrected chi connectivity index (χ0v) is 14.4. The number of hydrogen-bond acceptors (Lipinski definition) is 2. The van der Waals surface area contributed by atoms with E-state index in [9.17, 15) is 0 Å². The van der Waals surface area contributed by atoms with Crippen molar-refractivity contribution in [2.75, 3.05) is 14.2 Å². The van der Waals surface area contributed by atoms with Gasteiger partial charge in [0.1, 0.15) is 11.2 Å². The summed E-state index contributed by atoms with van der Waals surface area (Å²) in [5.74, 6) is 0. The molecular weight excluding hydrogens is 365 g/mol. The third-order valence-electron chi connectivity index (χ3n) is 3.68. The van der Waals surface area contributed by atoms with E-state index in [1.807, 2.05) is 0 Å². The van der Waals surface area contributed by atoms with Gasteiger partial charge in [0.05, 0.1) is 0 Å². The Morgan fingerprint density at radius 3 is 1.00 bits per heavy atom. The van der Waals surface area contributed by atoms with Gasteiger partial charge in [0.25, 0.3) is 0 Å². The van der Waals surface area contributed by atoms with Crippen molar-refractivity contribution in [2.45, 2.75) is 44.5 Å². The van der Waals surface area contributed by atoms with E-state index >= 15 is 0 Å². The quantitative estimate of drug-likeness (QED) is 0.624. The van der Waals surface area contributed by atoms with Crippen molar-refractivity contribution in [3.05, 3.63) is 0 Å². The van der Waals surface area contributed by atoms with Crippen LogP contribution in [0.2, 0.25) is 0 Å². The highest BCUT2D eigenvalue weighted by Crippen LogP contribution is 2.56. The predicted molar refractivity (Wildman–Crippen MR) is 78.5 cm³/mol. The Morgan fingerprint density at radius 1 is 0.667 bits per heavy atom. The second-order valence-corrected chi connectivity index (χ2v) is 8.95. The SMILES string of the molecule is COC1(C(Cl)(Cl)Cl)CCC(OC)(C(Cl)(Cl)Cl)CC1. The molecule has 0 unspecified atom stereocenters. The lowest BCUT2D eigenvalue weighted by molar-refractivity contribution is -0.111. The van der Waals surface area contributed by atoms with E-state index in [1.165, 1.54) is 14.2 Å². The number of ether oxygens (including phenoxy) is 2. The maximum absolute atomic E-state index is 5.99. The molecule has 0 aromatic rings. The lowest BCUT2D eigenvalue weighted by atomic mass is 9.77. The number of methoxy groups -OCH3 is 2. The largest absolute Gasteiger partial charge is 0.374 e. The molecule has 0 radical (unpaired) electrons. The summed E-state index contributed by atoms with van der Waals surface area (Å²) in [4.78, 5) is 0. The molecule has 0 saturated heterocycles. The van der Waals surface area contributed by atoms with Crippen molar-refractivity contribution in [1.82, 2.24) is 0 Å². The highest BCUT2D eigenvalue weighted by Gasteiger charge is 2.59. The van der Waals surface area contributed by atoms with Gasteiger partial charge in [-0.05, 0) is 25.7 Å². The first-order chi connectivity index (χ1) is 8.04. The average molecular weight is 379 g/mol. The zero-order valence-electron chi connectivity index (χ0n) is 9.91. The standard InChI is InChI=1S/C10H14Cl6O2/c1-17-7(9(11,12)13)3-5-8(18-2,6-4-7)10(14,15)16/h3-6H2,1-2H3. The summed E-state index contributed by atoms with van der Waals surface area (Å²) >= 11 is 35.9. The fourth-order valence-electron chi connectivity index (χ4n) is 2.26. The van der Waals surface area contributed by atoms with E-state index in [4.69, 9.17) is 79.1 Å². The molecule has 1 aliphatic rings. The molecule has 1 rings (SSSR count). The van der Waals surface area contributed by atoms with Gasteiger partial charge in [-0.3, -0.25) is 0 Å². The van der Waals surface area contributed by atoms with Gasteiger partial charge in [0.15, 0.2) is 0 Å². The summed E-state index contributed by atoms with van der Waals surface area (Å²) < 4.78 is 7.76. The van der Waals surface area contributed by atoms with Crippen molar-refractivity contribution in [1.29, 1.82) is 0 Å². The second kappa shape index (κ2) is 5.81. The molecule has 1 saturated carbocycles. The Morgan fingerprint density at radius 2 is 0.889 bits per heavy atom. The summed E-state index contributed by atoms with van der Waals surface area (Å²) in [6, 6.07) is 0. The molecule has 0 heterocycles. The first kappa shape index (κ1) is 17.7. The van der Waals surface area contributed by atoms with Gasteiger partial charge < -0.3 is 9.47 Å². The first-order valence-electron chi connectivity index (χ1n) is 5.27. The van der Waals surface area contributed by atoms with E-state index in [1.54, 1.807) is 0 Å². The van der Waals surface area contributed by atoms with Crippen LogP contribution >= 0.6 is 69.6 Å². The molecule has 0 aliphatic heterocycles. The van der Waals surface area contributed by atoms with Crippen LogP contribution in [0.25, 0.3) is 0 Å². The summed E-state index contributed by atoms with van der Waals surface area (Å²) in [6.07, 6.45) is 1.73. The van der Waals surface area contributed by atoms with Gasteiger partial charge in [-0.25, -0.2) is 0 Å². The third-order valence-corrected chi connectivity index (χ3v) is 5.75. The fraction of sp³-hybridized carbons (Fsp3) is 1.00. The minimum atomic E-state index is -1.53. The molecule has 2 nitrogen and oxygen atoms in total. The molecule has 0 spiro atoms. The van der Waals surface area contributed by atoms with E-state index in [0.29, 0.717) is 25.7 Å². The Hall–Kier alpha value is 1.66. The summed E-state index contributed by atoms with van der Waals surface area (Å²) in [5, 5.41) is 0. The molecule has 108 valence electrons. The van der Waals surface area contributed by atoms with E-state index in [0.717, 1.165) is 0 Å². The zero-order chi connectivity index (χ0) is 14.2. The minimum absolute atomic E-state index is 0.432. The van der Waals surface area contributed by atoms with Crippen LogP contribution in [0.15, 0.2) is 0 Å². The van der Waals surface area contributed by atoms with Crippen LogP contribution in [0, 0.1) is 0 Å². The van der Waals surface area contributed by atoms with Crippen LogP contribution < -0.4 is 0 Å². The lowest BCUT2D eigenvalue weighted by Gasteiger charge is -2.49. The van der Waals surface area contributed by atoms with Crippen molar-refractivity contribution < 1.29 is 9.47 Å². The highest BCUT2D eigenvalue weighted by molar-refractivity contribution is 6.69. The van der Waals surface area contributed by atoms with Crippen molar-refractivity contribution in [3.63, 3.8) is 0 Å². The molecule has 0 N–H and O–H groups in total. The van der Waals surface area contributed by atoms with Gasteiger partial charge in [0, 0.05) is 14.2 Å². The first-order valence-corrected chi connectivity index (χ1v) is 7.54. The number of rotatable bonds is 2. The fourth-order valence-corrected chi connectivity index (χ4v) is 3.86. The van der Waals surface area contributed by atoms with Crippen molar-refractivity contribution in [2.24, 2.45) is 0 Å². The number of halogens is 6. The normalized spacial score (nSPS) is 34.7. The Balaban J connectivity index is 2.93. The molecular formula is C10H14Cl6O2. The van der Waals surface area contributed by atoms with E-state index in [2.05, 4.69) is 0 Å². The molecule has 0 amide bonds. The summed E-state index contributed by atoms with van der Waals surface area (Å²) in [7, 11) is 3.02. The number of alkyl halides is 6. The van der Waals surface area contributed by atoms with Crippen LogP contribution in [-0.4, -0.2) is 33.0 Å². The summed E-state index contributed by atoms with van der Waals surface area (Å²) in [6.45, 7) is 0. The molecule has 0 aromatic heterocycles. The van der Waals surface area contributed by atoms with E-state index < -0.39 is 18.8 Å². The van der Waals surface area contributed by atoms with Crippen molar-refractivity contribution >= 4 is 69.6 Å². The van der Waals surface area contributed by atoms with Gasteiger partial charge in [-0.15, -0.1) is 0 Å². The average Bonchev–Trinajstić information content (AvgIpc) is 2.26. The maximum Gasteiger partial charge on any atom is 0.219 e. The van der Waals surface area contributed by atoms with Crippen LogP contribution in [0.5, 0.6) is 0 Å². The Bertz CT molecular complexity index is 258. The van der Waals surface area contributed by atoms with Crippen LogP contribution in [0.3, 0.4) is 0 Å². The third kappa shape index (κ3) is 3.12. The molecule has 18 heavy (non-hydrogen) atoms. The molecule has 0 bridgehead atoms. The predicted octanol–water partition coefficient (Wildman–Crippen LogP) is 5.07. The van der Waals surface area contributed by atoms with Gasteiger partial charge in [-0.1, -0.05) is 69.6 Å². The van der Waals surface area contributed by atoms with Crippen LogP contribution in [0.4, 0.5) is 0 Å². The maximum atomic E-state index is 5.99. The molecule has 1 aliphatic carbocycles. The van der Waals surface area contributed by atoms with Crippen LogP contribution in [0.1, 0.15) is 25.7 Å². The second-order valence-electron chi connectivity index (χ2n) is 4.39. The van der Waals surface area contributed by atoms with Crippen molar-refractivity contribution in [3.8, 4) is 0 Å². The van der Waals surface area contributed by atoms with Crippen LogP contribution in [-0.2, 0) is 9.47 Å². The minimum Gasteiger partial charge on any atom is -0.374 e. The summed E-state index contributed by atoms with van der Waals surface area (Å²) in [5.41, 5.74) is -1.76. The number of hydrogen-bond donors (Lipinski definition) is 0. The molecule has 0 aromatic carbocycles. The van der Waals surface area contributed by atoms with Gasteiger partial charge in [-0.2, -0.15) is 0 Å². The topological polar surface area (TPSA) is 18.5 Å². The lowest BCUT2D eigenvalue weighted by Crippen LogP contribution is -2.56. The Kier molecular flexibility index (Phi) is 5.71. The highest BCUT2D eigenvalue weighted by atomic mass is 35.6. The van der Waals surface area contributed by atoms with E-state index in [-0.39, 0.29) is 0 Å². The monoisotopic (exact) mass is 376 g/mol. The van der Waals surface area contributed by atoms with Gasteiger partial charge in [0.2, 0.25) is 7.59 Å². The van der Waals surface area contributed by atoms with Gasteiger partial charge >= 0.3 is 0 Å². The molecule has 8 heteroatoms.